The second-order valence-electron chi connectivity index (χ2n) is 3.03. The third kappa shape index (κ3) is 2.36. The van der Waals surface area contributed by atoms with Gasteiger partial charge < -0.3 is 15.2 Å². The van der Waals surface area contributed by atoms with E-state index in [0.717, 1.165) is 22.6 Å². The summed E-state index contributed by atoms with van der Waals surface area (Å²) >= 11 is 0. The van der Waals surface area contributed by atoms with Crippen molar-refractivity contribution in [3.05, 3.63) is 23.3 Å². The summed E-state index contributed by atoms with van der Waals surface area (Å²) in [6, 6.07) is 3.77. The number of aryl methyl sites for hydroxylation is 2. The van der Waals surface area contributed by atoms with E-state index in [1.54, 1.807) is 7.11 Å². The van der Waals surface area contributed by atoms with Crippen molar-refractivity contribution in [3.8, 4) is 5.75 Å². The minimum absolute atomic E-state index is 0.269. The highest BCUT2D eigenvalue weighted by Crippen LogP contribution is 2.25. The van der Waals surface area contributed by atoms with E-state index in [1.165, 1.54) is 0 Å². The Morgan fingerprint density at radius 1 is 1.23 bits per heavy atom. The molecule has 0 aliphatic heterocycles. The molecule has 0 unspecified atom stereocenters. The number of nitrogen functional groups attached to an aromatic ring is 1. The molecule has 0 aromatic heterocycles. The van der Waals surface area contributed by atoms with Gasteiger partial charge in [-0.3, -0.25) is 0 Å². The van der Waals surface area contributed by atoms with Crippen LogP contribution in [0.5, 0.6) is 5.75 Å². The normalized spacial score (nSPS) is 10.1. The number of methoxy groups -OCH3 is 1. The molecule has 3 heteroatoms. The minimum Gasteiger partial charge on any atom is -0.467 e. The maximum atomic E-state index is 5.67. The fourth-order valence-corrected chi connectivity index (χ4v) is 1.33. The van der Waals surface area contributed by atoms with Crippen molar-refractivity contribution in [2.24, 2.45) is 0 Å². The van der Waals surface area contributed by atoms with Crippen LogP contribution >= 0.6 is 0 Å². The summed E-state index contributed by atoms with van der Waals surface area (Å²) in [5.41, 5.74) is 8.51. The predicted octanol–water partition coefficient (Wildman–Crippen LogP) is 1.87. The molecule has 1 rings (SSSR count). The molecule has 0 aliphatic carbocycles. The standard InChI is InChI=1S/C10H15NO2/c1-7-4-9(11)5-8(2)10(7)13-6-12-3/h4-5H,6,11H2,1-3H3. The van der Waals surface area contributed by atoms with Crippen LogP contribution in [0.15, 0.2) is 12.1 Å². The average Bonchev–Trinajstić information content (AvgIpc) is 2.02. The Labute approximate surface area is 78.5 Å². The summed E-state index contributed by atoms with van der Waals surface area (Å²) in [6.07, 6.45) is 0. The topological polar surface area (TPSA) is 44.5 Å². The van der Waals surface area contributed by atoms with E-state index in [9.17, 15) is 0 Å². The number of ether oxygens (including phenoxy) is 2. The third-order valence-electron chi connectivity index (χ3n) is 1.80. The summed E-state index contributed by atoms with van der Waals surface area (Å²) < 4.78 is 10.2. The summed E-state index contributed by atoms with van der Waals surface area (Å²) in [6.45, 7) is 4.20. The van der Waals surface area contributed by atoms with Gasteiger partial charge in [0.05, 0.1) is 0 Å². The molecule has 13 heavy (non-hydrogen) atoms. The van der Waals surface area contributed by atoms with Crippen LogP contribution in [0.1, 0.15) is 11.1 Å². The molecule has 0 saturated carbocycles. The highest BCUT2D eigenvalue weighted by molar-refractivity contribution is 5.52. The summed E-state index contributed by atoms with van der Waals surface area (Å²) in [4.78, 5) is 0. The quantitative estimate of drug-likeness (QED) is 0.572. The first-order valence-corrected chi connectivity index (χ1v) is 4.13. The van der Waals surface area contributed by atoms with Crippen LogP contribution in [-0.4, -0.2) is 13.9 Å². The molecule has 0 bridgehead atoms. The summed E-state index contributed by atoms with van der Waals surface area (Å²) in [7, 11) is 1.60. The van der Waals surface area contributed by atoms with Crippen LogP contribution in [0.2, 0.25) is 0 Å². The van der Waals surface area contributed by atoms with E-state index in [4.69, 9.17) is 15.2 Å². The second kappa shape index (κ2) is 4.14. The molecule has 1 aromatic carbocycles. The van der Waals surface area contributed by atoms with E-state index in [1.807, 2.05) is 26.0 Å². The zero-order valence-corrected chi connectivity index (χ0v) is 8.26. The van der Waals surface area contributed by atoms with Crippen molar-refractivity contribution in [2.45, 2.75) is 13.8 Å². The highest BCUT2D eigenvalue weighted by Gasteiger charge is 2.04. The van der Waals surface area contributed by atoms with Crippen LogP contribution in [0, 0.1) is 13.8 Å². The zero-order chi connectivity index (χ0) is 9.84. The lowest BCUT2D eigenvalue weighted by molar-refractivity contribution is 0.0501. The lowest BCUT2D eigenvalue weighted by atomic mass is 10.1. The van der Waals surface area contributed by atoms with Gasteiger partial charge in [0.2, 0.25) is 0 Å². The van der Waals surface area contributed by atoms with Gasteiger partial charge in [-0.2, -0.15) is 0 Å². The summed E-state index contributed by atoms with van der Waals surface area (Å²) in [5, 5.41) is 0. The van der Waals surface area contributed by atoms with Crippen LogP contribution in [0.4, 0.5) is 5.69 Å². The largest absolute Gasteiger partial charge is 0.467 e. The van der Waals surface area contributed by atoms with E-state index in [0.29, 0.717) is 0 Å². The maximum absolute atomic E-state index is 5.67. The fraction of sp³-hybridized carbons (Fsp3) is 0.400. The van der Waals surface area contributed by atoms with Crippen LogP contribution < -0.4 is 10.5 Å². The molecule has 0 heterocycles. The van der Waals surface area contributed by atoms with Crippen molar-refractivity contribution in [2.75, 3.05) is 19.6 Å². The first kappa shape index (κ1) is 9.86. The molecule has 2 N–H and O–H groups in total. The highest BCUT2D eigenvalue weighted by atomic mass is 16.7. The number of anilines is 1. The third-order valence-corrected chi connectivity index (χ3v) is 1.80. The van der Waals surface area contributed by atoms with E-state index < -0.39 is 0 Å². The predicted molar refractivity (Wildman–Crippen MR) is 52.8 cm³/mol. The van der Waals surface area contributed by atoms with Gasteiger partial charge in [-0.1, -0.05) is 0 Å². The molecule has 0 amide bonds. The Bertz CT molecular complexity index is 274. The Kier molecular flexibility index (Phi) is 3.14. The minimum atomic E-state index is 0.269. The number of hydrogen-bond donors (Lipinski definition) is 1. The van der Waals surface area contributed by atoms with Crippen molar-refractivity contribution in [1.29, 1.82) is 0 Å². The van der Waals surface area contributed by atoms with Gasteiger partial charge in [-0.25, -0.2) is 0 Å². The van der Waals surface area contributed by atoms with Crippen molar-refractivity contribution in [3.63, 3.8) is 0 Å². The molecule has 0 spiro atoms. The van der Waals surface area contributed by atoms with Crippen LogP contribution in [0.3, 0.4) is 0 Å². The molecular weight excluding hydrogens is 166 g/mol. The van der Waals surface area contributed by atoms with Crippen molar-refractivity contribution < 1.29 is 9.47 Å². The lowest BCUT2D eigenvalue weighted by Crippen LogP contribution is -2.02. The molecule has 0 atom stereocenters. The zero-order valence-electron chi connectivity index (χ0n) is 8.26. The number of benzene rings is 1. The average molecular weight is 181 g/mol. The second-order valence-corrected chi connectivity index (χ2v) is 3.03. The monoisotopic (exact) mass is 181 g/mol. The first-order valence-electron chi connectivity index (χ1n) is 4.13. The first-order chi connectivity index (χ1) is 6.15. The van der Waals surface area contributed by atoms with Crippen molar-refractivity contribution in [1.82, 2.24) is 0 Å². The molecule has 0 radical (unpaired) electrons. The van der Waals surface area contributed by atoms with Gasteiger partial charge in [0, 0.05) is 12.8 Å². The van der Waals surface area contributed by atoms with Gasteiger partial charge in [0.15, 0.2) is 6.79 Å². The molecule has 3 nitrogen and oxygen atoms in total. The van der Waals surface area contributed by atoms with Gasteiger partial charge in [0.25, 0.3) is 0 Å². The fourth-order valence-electron chi connectivity index (χ4n) is 1.33. The SMILES string of the molecule is COCOc1c(C)cc(N)cc1C. The smallest absolute Gasteiger partial charge is 0.188 e. The molecular formula is C10H15NO2. The molecule has 1 aromatic rings. The molecule has 0 fully saturated rings. The Morgan fingerprint density at radius 3 is 2.23 bits per heavy atom. The molecule has 0 aliphatic rings. The van der Waals surface area contributed by atoms with Crippen LogP contribution in [-0.2, 0) is 4.74 Å². The van der Waals surface area contributed by atoms with Crippen molar-refractivity contribution >= 4 is 5.69 Å². The van der Waals surface area contributed by atoms with Gasteiger partial charge in [-0.15, -0.1) is 0 Å². The molecule has 72 valence electrons. The van der Waals surface area contributed by atoms with E-state index >= 15 is 0 Å². The van der Waals surface area contributed by atoms with Gasteiger partial charge in [-0.05, 0) is 37.1 Å². The number of rotatable bonds is 3. The molecule has 0 saturated heterocycles. The van der Waals surface area contributed by atoms with Gasteiger partial charge >= 0.3 is 0 Å². The Morgan fingerprint density at radius 2 is 1.77 bits per heavy atom. The van der Waals surface area contributed by atoms with Crippen LogP contribution in [0.25, 0.3) is 0 Å². The van der Waals surface area contributed by atoms with E-state index in [2.05, 4.69) is 0 Å². The summed E-state index contributed by atoms with van der Waals surface area (Å²) in [5.74, 6) is 0.857. The van der Waals surface area contributed by atoms with Gasteiger partial charge in [0.1, 0.15) is 5.75 Å². The Hall–Kier alpha value is -1.22. The van der Waals surface area contributed by atoms with E-state index in [-0.39, 0.29) is 6.79 Å². The maximum Gasteiger partial charge on any atom is 0.188 e. The Balaban J connectivity index is 2.92. The number of nitrogens with two attached hydrogens (primary N) is 1. The number of hydrogen-bond acceptors (Lipinski definition) is 3. The lowest BCUT2D eigenvalue weighted by Gasteiger charge is -2.11.